The first-order chi connectivity index (χ1) is 15.0. The van der Waals surface area contributed by atoms with Crippen LogP contribution in [0.15, 0.2) is 84.1 Å². The van der Waals surface area contributed by atoms with Gasteiger partial charge in [-0.3, -0.25) is 9.36 Å². The fourth-order valence-electron chi connectivity index (χ4n) is 4.12. The van der Waals surface area contributed by atoms with Gasteiger partial charge in [0.05, 0.1) is 22.6 Å². The molecule has 0 spiro atoms. The number of nitrogens with zero attached hydrogens (tertiary/aromatic N) is 2. The molecule has 0 saturated heterocycles. The van der Waals surface area contributed by atoms with Crippen LogP contribution in [0.4, 0.5) is 16.0 Å². The number of carbonyl (C=O) groups excluding carboxylic acids is 1. The van der Waals surface area contributed by atoms with Crippen LogP contribution in [0.3, 0.4) is 0 Å². The van der Waals surface area contributed by atoms with Crippen molar-refractivity contribution < 1.29 is 9.18 Å². The Morgan fingerprint density at radius 3 is 2.48 bits per heavy atom. The second kappa shape index (κ2) is 7.40. The van der Waals surface area contributed by atoms with Gasteiger partial charge in [-0.2, -0.15) is 0 Å². The SMILES string of the molecule is CC1=C(C(=O)Nc2ccccc2C)[C@@H](c2ccc(F)cc2)n2c(nc3ccccc32)N1. The molecule has 0 aliphatic carbocycles. The number of para-hydroxylation sites is 3. The predicted octanol–water partition coefficient (Wildman–Crippen LogP) is 5.41. The number of imidazole rings is 1. The molecule has 2 N–H and O–H groups in total. The third-order valence-corrected chi connectivity index (χ3v) is 5.65. The first-order valence-electron chi connectivity index (χ1n) is 10.1. The highest BCUT2D eigenvalue weighted by molar-refractivity contribution is 6.06. The van der Waals surface area contributed by atoms with Crippen LogP contribution >= 0.6 is 0 Å². The maximum atomic E-state index is 13.7. The summed E-state index contributed by atoms with van der Waals surface area (Å²) in [6.45, 7) is 3.82. The zero-order valence-corrected chi connectivity index (χ0v) is 17.2. The van der Waals surface area contributed by atoms with E-state index in [4.69, 9.17) is 4.98 Å². The molecule has 0 fully saturated rings. The standard InChI is InChI=1S/C25H21FN4O/c1-15-7-3-4-8-19(15)28-24(31)22-16(2)27-25-29-20-9-5-6-10-21(20)30(25)23(22)17-11-13-18(26)14-12-17/h3-14,23H,1-2H3,(H,27,29)(H,28,31)/t23-/m1/s1. The zero-order chi connectivity index (χ0) is 21.5. The molecule has 6 heteroatoms. The van der Waals surface area contributed by atoms with E-state index in [2.05, 4.69) is 10.6 Å². The minimum Gasteiger partial charge on any atom is -0.329 e. The van der Waals surface area contributed by atoms with Crippen LogP contribution in [0.5, 0.6) is 0 Å². The fourth-order valence-corrected chi connectivity index (χ4v) is 4.12. The maximum Gasteiger partial charge on any atom is 0.255 e. The smallest absolute Gasteiger partial charge is 0.255 e. The lowest BCUT2D eigenvalue weighted by Crippen LogP contribution is -2.31. The molecule has 0 unspecified atom stereocenters. The second-order valence-corrected chi connectivity index (χ2v) is 7.68. The molecule has 2 heterocycles. The van der Waals surface area contributed by atoms with Crippen molar-refractivity contribution >= 4 is 28.6 Å². The van der Waals surface area contributed by atoms with E-state index in [1.54, 1.807) is 12.1 Å². The van der Waals surface area contributed by atoms with E-state index in [1.807, 2.05) is 66.9 Å². The summed E-state index contributed by atoms with van der Waals surface area (Å²) in [6.07, 6.45) is 0. The number of amides is 1. The van der Waals surface area contributed by atoms with E-state index < -0.39 is 6.04 Å². The van der Waals surface area contributed by atoms with Gasteiger partial charge in [0.2, 0.25) is 5.95 Å². The molecule has 3 aromatic carbocycles. The van der Waals surface area contributed by atoms with Crippen LogP contribution in [-0.4, -0.2) is 15.5 Å². The summed E-state index contributed by atoms with van der Waals surface area (Å²) in [5.41, 5.74) is 5.53. The van der Waals surface area contributed by atoms with Crippen molar-refractivity contribution in [1.82, 2.24) is 9.55 Å². The van der Waals surface area contributed by atoms with Crippen molar-refractivity contribution in [3.8, 4) is 0 Å². The molecular weight excluding hydrogens is 391 g/mol. The number of carbonyl (C=O) groups is 1. The van der Waals surface area contributed by atoms with Crippen molar-refractivity contribution in [2.45, 2.75) is 19.9 Å². The second-order valence-electron chi connectivity index (χ2n) is 7.68. The third kappa shape index (κ3) is 3.26. The average Bonchev–Trinajstić information content (AvgIpc) is 3.13. The minimum absolute atomic E-state index is 0.211. The number of fused-ring (bicyclic) bond motifs is 3. The summed E-state index contributed by atoms with van der Waals surface area (Å²) in [4.78, 5) is 18.2. The zero-order valence-electron chi connectivity index (χ0n) is 17.2. The van der Waals surface area contributed by atoms with E-state index in [0.29, 0.717) is 17.2 Å². The summed E-state index contributed by atoms with van der Waals surface area (Å²) in [7, 11) is 0. The van der Waals surface area contributed by atoms with E-state index in [9.17, 15) is 9.18 Å². The number of anilines is 2. The number of benzene rings is 3. The van der Waals surface area contributed by atoms with Gasteiger partial charge in [0, 0.05) is 11.4 Å². The number of nitrogens with one attached hydrogen (secondary N) is 2. The molecular formula is C25H21FN4O. The fraction of sp³-hybridized carbons (Fsp3) is 0.120. The lowest BCUT2D eigenvalue weighted by molar-refractivity contribution is -0.113. The Bertz CT molecular complexity index is 1340. The normalized spacial score (nSPS) is 15.5. The molecule has 0 radical (unpaired) electrons. The minimum atomic E-state index is -0.451. The molecule has 0 saturated carbocycles. The molecule has 1 atom stereocenters. The highest BCUT2D eigenvalue weighted by atomic mass is 19.1. The first-order valence-corrected chi connectivity index (χ1v) is 10.1. The molecule has 31 heavy (non-hydrogen) atoms. The molecule has 1 aliphatic heterocycles. The molecule has 1 aliphatic rings. The van der Waals surface area contributed by atoms with Crippen LogP contribution < -0.4 is 10.6 Å². The van der Waals surface area contributed by atoms with Crippen molar-refractivity contribution in [2.24, 2.45) is 0 Å². The van der Waals surface area contributed by atoms with Crippen LogP contribution in [0.2, 0.25) is 0 Å². The number of aromatic nitrogens is 2. The van der Waals surface area contributed by atoms with Crippen molar-refractivity contribution in [1.29, 1.82) is 0 Å². The topological polar surface area (TPSA) is 59.0 Å². The summed E-state index contributed by atoms with van der Waals surface area (Å²) < 4.78 is 15.7. The highest BCUT2D eigenvalue weighted by Gasteiger charge is 2.34. The van der Waals surface area contributed by atoms with E-state index in [-0.39, 0.29) is 11.7 Å². The monoisotopic (exact) mass is 412 g/mol. The lowest BCUT2D eigenvalue weighted by atomic mass is 9.94. The van der Waals surface area contributed by atoms with E-state index in [0.717, 1.165) is 27.8 Å². The maximum absolute atomic E-state index is 13.7. The predicted molar refractivity (Wildman–Crippen MR) is 120 cm³/mol. The van der Waals surface area contributed by atoms with Gasteiger partial charge in [-0.15, -0.1) is 0 Å². The molecule has 1 amide bonds. The quantitative estimate of drug-likeness (QED) is 0.473. The van der Waals surface area contributed by atoms with Gasteiger partial charge >= 0.3 is 0 Å². The Hall–Kier alpha value is -3.93. The van der Waals surface area contributed by atoms with Crippen molar-refractivity contribution in [2.75, 3.05) is 10.6 Å². The van der Waals surface area contributed by atoms with Gasteiger partial charge in [0.1, 0.15) is 5.82 Å². The number of aryl methyl sites for hydroxylation is 1. The van der Waals surface area contributed by atoms with Gasteiger partial charge in [-0.05, 0) is 55.3 Å². The van der Waals surface area contributed by atoms with Crippen molar-refractivity contribution in [3.63, 3.8) is 0 Å². The van der Waals surface area contributed by atoms with Crippen LogP contribution in [-0.2, 0) is 4.79 Å². The summed E-state index contributed by atoms with van der Waals surface area (Å²) in [5.74, 6) is 0.123. The first kappa shape index (κ1) is 19.1. The Kier molecular flexibility index (Phi) is 4.55. The number of rotatable bonds is 3. The number of hydrogen-bond acceptors (Lipinski definition) is 3. The summed E-state index contributed by atoms with van der Waals surface area (Å²) in [6, 6.07) is 21.3. The number of hydrogen-bond donors (Lipinski definition) is 2. The van der Waals surface area contributed by atoms with E-state index in [1.165, 1.54) is 12.1 Å². The summed E-state index contributed by atoms with van der Waals surface area (Å²) in [5, 5.41) is 6.34. The number of halogens is 1. The van der Waals surface area contributed by atoms with Gasteiger partial charge in [-0.25, -0.2) is 9.37 Å². The Morgan fingerprint density at radius 2 is 1.71 bits per heavy atom. The van der Waals surface area contributed by atoms with Crippen LogP contribution in [0.1, 0.15) is 24.1 Å². The largest absolute Gasteiger partial charge is 0.329 e. The Morgan fingerprint density at radius 1 is 1.00 bits per heavy atom. The van der Waals surface area contributed by atoms with E-state index >= 15 is 0 Å². The van der Waals surface area contributed by atoms with Crippen molar-refractivity contribution in [3.05, 3.63) is 101 Å². The Labute approximate surface area is 179 Å². The third-order valence-electron chi connectivity index (χ3n) is 5.65. The lowest BCUT2D eigenvalue weighted by Gasteiger charge is -2.31. The van der Waals surface area contributed by atoms with Gasteiger partial charge < -0.3 is 10.6 Å². The van der Waals surface area contributed by atoms with Crippen LogP contribution in [0.25, 0.3) is 11.0 Å². The molecule has 5 nitrogen and oxygen atoms in total. The van der Waals surface area contributed by atoms with Gasteiger partial charge in [-0.1, -0.05) is 42.5 Å². The molecule has 1 aromatic heterocycles. The molecule has 154 valence electrons. The molecule has 0 bridgehead atoms. The molecule has 4 aromatic rings. The highest BCUT2D eigenvalue weighted by Crippen LogP contribution is 2.39. The van der Waals surface area contributed by atoms with Crippen LogP contribution in [0, 0.1) is 12.7 Å². The summed E-state index contributed by atoms with van der Waals surface area (Å²) >= 11 is 0. The van der Waals surface area contributed by atoms with Gasteiger partial charge in [0.15, 0.2) is 0 Å². The average molecular weight is 412 g/mol. The Balaban J connectivity index is 1.67. The molecule has 5 rings (SSSR count). The number of allylic oxidation sites excluding steroid dienone is 1. The van der Waals surface area contributed by atoms with Gasteiger partial charge in [0.25, 0.3) is 5.91 Å².